The van der Waals surface area contributed by atoms with Crippen LogP contribution in [-0.4, -0.2) is 74.9 Å². The molecule has 0 fully saturated rings. The van der Waals surface area contributed by atoms with Gasteiger partial charge in [0.15, 0.2) is 6.10 Å². The molecular formula is C54H95NO8P+. The molecule has 0 aliphatic rings. The van der Waals surface area contributed by atoms with E-state index in [2.05, 4.69) is 98.9 Å². The fourth-order valence-corrected chi connectivity index (χ4v) is 7.29. The molecule has 368 valence electrons. The Morgan fingerprint density at radius 3 is 1.27 bits per heavy atom. The molecule has 0 saturated carbocycles. The van der Waals surface area contributed by atoms with Crippen molar-refractivity contribution >= 4 is 19.8 Å². The molecule has 0 amide bonds. The lowest BCUT2D eigenvalue weighted by Gasteiger charge is -2.24. The highest BCUT2D eigenvalue weighted by Crippen LogP contribution is 2.43. The van der Waals surface area contributed by atoms with Gasteiger partial charge in [-0.05, 0) is 83.5 Å². The van der Waals surface area contributed by atoms with Crippen molar-refractivity contribution in [2.75, 3.05) is 47.5 Å². The van der Waals surface area contributed by atoms with Gasteiger partial charge in [-0.1, -0.05) is 182 Å². The molecular weight excluding hydrogens is 822 g/mol. The summed E-state index contributed by atoms with van der Waals surface area (Å²) in [6.07, 6.45) is 59.4. The molecule has 0 aliphatic carbocycles. The van der Waals surface area contributed by atoms with Crippen molar-refractivity contribution in [3.8, 4) is 0 Å². The number of quaternary nitrogens is 1. The Morgan fingerprint density at radius 1 is 0.484 bits per heavy atom. The fourth-order valence-electron chi connectivity index (χ4n) is 6.55. The van der Waals surface area contributed by atoms with Crippen LogP contribution in [0.3, 0.4) is 0 Å². The van der Waals surface area contributed by atoms with Crippen LogP contribution in [0.2, 0.25) is 0 Å². The zero-order valence-corrected chi connectivity index (χ0v) is 42.4. The number of phosphoric ester groups is 1. The number of hydrogen-bond donors (Lipinski definition) is 1. The van der Waals surface area contributed by atoms with Gasteiger partial charge in [0, 0.05) is 12.8 Å². The van der Waals surface area contributed by atoms with E-state index in [-0.39, 0.29) is 26.1 Å². The third-order valence-electron chi connectivity index (χ3n) is 10.4. The maximum atomic E-state index is 12.8. The van der Waals surface area contributed by atoms with Crippen molar-refractivity contribution in [3.05, 3.63) is 85.1 Å². The van der Waals surface area contributed by atoms with Crippen molar-refractivity contribution in [2.45, 2.75) is 200 Å². The first-order chi connectivity index (χ1) is 31.0. The molecule has 0 aromatic carbocycles. The minimum Gasteiger partial charge on any atom is -0.462 e. The largest absolute Gasteiger partial charge is 0.472 e. The standard InChI is InChI=1S/C54H94NO8P/c1-6-8-10-12-14-16-18-20-21-22-23-24-25-26-27-28-29-30-31-32-33-35-37-39-41-43-45-47-54(57)63-52(51-62-64(58,59)61-49-48-55(3,4)5)50-60-53(56)46-44-42-40-38-36-34-19-17-15-13-11-9-7-2/h8-11,14-17,20-21,23-24,34,36,52H,6-7,12-13,18-19,22,25-33,35,37-51H2,1-5H3/p+1/b10-8-,11-9-,16-14-,17-15-,21-20-,24-23-,36-34-. The number of phosphoric acid groups is 1. The lowest BCUT2D eigenvalue weighted by atomic mass is 10.0. The van der Waals surface area contributed by atoms with Gasteiger partial charge in [0.1, 0.15) is 19.8 Å². The van der Waals surface area contributed by atoms with Crippen molar-refractivity contribution in [3.63, 3.8) is 0 Å². The van der Waals surface area contributed by atoms with Gasteiger partial charge in [0.2, 0.25) is 0 Å². The molecule has 0 bridgehead atoms. The van der Waals surface area contributed by atoms with Gasteiger partial charge < -0.3 is 18.9 Å². The van der Waals surface area contributed by atoms with Crippen LogP contribution in [0.15, 0.2) is 85.1 Å². The van der Waals surface area contributed by atoms with Gasteiger partial charge in [0.25, 0.3) is 0 Å². The van der Waals surface area contributed by atoms with E-state index in [1.54, 1.807) is 0 Å². The highest BCUT2D eigenvalue weighted by molar-refractivity contribution is 7.47. The van der Waals surface area contributed by atoms with E-state index in [0.29, 0.717) is 23.9 Å². The molecule has 2 unspecified atom stereocenters. The second-order valence-corrected chi connectivity index (χ2v) is 19.2. The Kier molecular flexibility index (Phi) is 43.4. The van der Waals surface area contributed by atoms with Crippen molar-refractivity contribution in [2.24, 2.45) is 0 Å². The third-order valence-corrected chi connectivity index (χ3v) is 11.4. The third kappa shape index (κ3) is 48.6. The van der Waals surface area contributed by atoms with E-state index in [9.17, 15) is 19.0 Å². The Hall–Kier alpha value is -2.81. The number of carbonyl (C=O) groups excluding carboxylic acids is 2. The molecule has 0 aromatic rings. The highest BCUT2D eigenvalue weighted by Gasteiger charge is 2.27. The summed E-state index contributed by atoms with van der Waals surface area (Å²) in [5, 5.41) is 0. The molecule has 0 heterocycles. The number of unbranched alkanes of at least 4 members (excludes halogenated alkanes) is 17. The van der Waals surface area contributed by atoms with E-state index < -0.39 is 32.5 Å². The Balaban J connectivity index is 4.19. The molecule has 9 nitrogen and oxygen atoms in total. The molecule has 0 spiro atoms. The number of esters is 2. The average molecular weight is 917 g/mol. The summed E-state index contributed by atoms with van der Waals surface area (Å²) in [6, 6.07) is 0. The zero-order valence-electron chi connectivity index (χ0n) is 41.5. The van der Waals surface area contributed by atoms with E-state index >= 15 is 0 Å². The SMILES string of the molecule is CC/C=C\C/C=C\C/C=C\C/C=C\CCCCCCCCCCCCCCCCC(=O)OC(COC(=O)CCCCC/C=C\C/C=C\C/C=C\CC)COP(=O)(O)OCC[N+](C)(C)C. The minimum absolute atomic E-state index is 0.0233. The van der Waals surface area contributed by atoms with Crippen molar-refractivity contribution in [1.82, 2.24) is 0 Å². The lowest BCUT2D eigenvalue weighted by molar-refractivity contribution is -0.870. The summed E-state index contributed by atoms with van der Waals surface area (Å²) >= 11 is 0. The minimum atomic E-state index is -4.39. The number of carbonyl (C=O) groups is 2. The molecule has 0 rings (SSSR count). The average Bonchev–Trinajstić information content (AvgIpc) is 3.25. The van der Waals surface area contributed by atoms with E-state index in [4.69, 9.17) is 18.5 Å². The normalized spacial score (nSPS) is 14.2. The molecule has 0 radical (unpaired) electrons. The summed E-state index contributed by atoms with van der Waals surface area (Å²) in [5.74, 6) is -0.837. The van der Waals surface area contributed by atoms with Gasteiger partial charge in [-0.25, -0.2) is 4.57 Å². The number of likely N-dealkylation sites (N-methyl/N-ethyl adjacent to an activating group) is 1. The summed E-state index contributed by atoms with van der Waals surface area (Å²) in [7, 11) is 1.45. The number of hydrogen-bond acceptors (Lipinski definition) is 7. The molecule has 64 heavy (non-hydrogen) atoms. The number of rotatable bonds is 45. The van der Waals surface area contributed by atoms with E-state index in [1.165, 1.54) is 70.6 Å². The van der Waals surface area contributed by atoms with E-state index in [0.717, 1.165) is 83.5 Å². The number of allylic oxidation sites excluding steroid dienone is 14. The molecule has 0 saturated heterocycles. The molecule has 1 N–H and O–H groups in total. The number of ether oxygens (including phenoxy) is 2. The van der Waals surface area contributed by atoms with Crippen LogP contribution in [0.4, 0.5) is 0 Å². The molecule has 2 atom stereocenters. The van der Waals surface area contributed by atoms with Crippen LogP contribution in [0, 0.1) is 0 Å². The lowest BCUT2D eigenvalue weighted by Crippen LogP contribution is -2.37. The molecule has 0 aliphatic heterocycles. The zero-order chi connectivity index (χ0) is 47.1. The first-order valence-corrected chi connectivity index (χ1v) is 26.8. The summed E-state index contributed by atoms with van der Waals surface area (Å²) in [5.41, 5.74) is 0. The smallest absolute Gasteiger partial charge is 0.462 e. The van der Waals surface area contributed by atoms with Crippen LogP contribution >= 0.6 is 7.82 Å². The summed E-state index contributed by atoms with van der Waals surface area (Å²) < 4.78 is 34.4. The predicted molar refractivity (Wildman–Crippen MR) is 270 cm³/mol. The topological polar surface area (TPSA) is 108 Å². The second kappa shape index (κ2) is 45.4. The number of nitrogens with zero attached hydrogens (tertiary/aromatic N) is 1. The van der Waals surface area contributed by atoms with Crippen LogP contribution < -0.4 is 0 Å². The van der Waals surface area contributed by atoms with Gasteiger partial charge in [0.05, 0.1) is 27.7 Å². The van der Waals surface area contributed by atoms with E-state index in [1.807, 2.05) is 21.1 Å². The Morgan fingerprint density at radius 2 is 0.844 bits per heavy atom. The van der Waals surface area contributed by atoms with Gasteiger partial charge in [-0.3, -0.25) is 18.6 Å². The van der Waals surface area contributed by atoms with Gasteiger partial charge in [-0.15, -0.1) is 0 Å². The molecule has 0 aromatic heterocycles. The van der Waals surface area contributed by atoms with Crippen LogP contribution in [0.25, 0.3) is 0 Å². The second-order valence-electron chi connectivity index (χ2n) is 17.8. The summed E-state index contributed by atoms with van der Waals surface area (Å²) in [4.78, 5) is 35.5. The van der Waals surface area contributed by atoms with Crippen LogP contribution in [0.1, 0.15) is 194 Å². The van der Waals surface area contributed by atoms with Gasteiger partial charge in [-0.2, -0.15) is 0 Å². The summed E-state index contributed by atoms with van der Waals surface area (Å²) in [6.45, 7) is 4.16. The highest BCUT2D eigenvalue weighted by atomic mass is 31.2. The first kappa shape index (κ1) is 61.2. The van der Waals surface area contributed by atoms with Gasteiger partial charge >= 0.3 is 19.8 Å². The monoisotopic (exact) mass is 917 g/mol. The Labute approximate surface area is 392 Å². The Bertz CT molecular complexity index is 1360. The molecule has 10 heteroatoms. The van der Waals surface area contributed by atoms with Crippen LogP contribution in [0.5, 0.6) is 0 Å². The predicted octanol–water partition coefficient (Wildman–Crippen LogP) is 15.1. The quantitative estimate of drug-likeness (QED) is 0.0212. The van der Waals surface area contributed by atoms with Crippen molar-refractivity contribution in [1.29, 1.82) is 0 Å². The maximum Gasteiger partial charge on any atom is 0.472 e. The van der Waals surface area contributed by atoms with Crippen molar-refractivity contribution < 1.29 is 42.1 Å². The van der Waals surface area contributed by atoms with Crippen LogP contribution in [-0.2, 0) is 32.7 Å². The maximum absolute atomic E-state index is 12.8. The fraction of sp³-hybridized carbons (Fsp3) is 0.704. The first-order valence-electron chi connectivity index (χ1n) is 25.3.